The van der Waals surface area contributed by atoms with Gasteiger partial charge in [0.1, 0.15) is 5.75 Å². The second-order valence-corrected chi connectivity index (χ2v) is 7.40. The first-order chi connectivity index (χ1) is 10.2. The van der Waals surface area contributed by atoms with Crippen LogP contribution in [0.15, 0.2) is 11.1 Å². The van der Waals surface area contributed by atoms with Gasteiger partial charge in [-0.05, 0) is 13.0 Å². The Labute approximate surface area is 163 Å². The molecule has 0 spiro atoms. The zero-order valence-corrected chi connectivity index (χ0v) is 16.7. The van der Waals surface area contributed by atoms with Crippen LogP contribution in [0.5, 0.6) is 5.75 Å². The molecule has 4 N–H and O–H groups in total. The molecule has 0 aromatic carbocycles. The van der Waals surface area contributed by atoms with Gasteiger partial charge in [-0.3, -0.25) is 9.78 Å². The number of aromatic hydroxyl groups is 1. The van der Waals surface area contributed by atoms with E-state index in [0.29, 0.717) is 11.8 Å². The molecule has 1 saturated heterocycles. The minimum Gasteiger partial charge on any atom is -0.505 e. The molecule has 0 saturated carbocycles. The number of hydrogen-bond acceptors (Lipinski definition) is 7. The van der Waals surface area contributed by atoms with Gasteiger partial charge in [0.25, 0.3) is 5.91 Å². The maximum Gasteiger partial charge on any atom is 0.438 e. The van der Waals surface area contributed by atoms with Crippen LogP contribution in [-0.2, 0) is 16.0 Å². The number of carbonyl (C=O) groups excluding carboxylic acids is 1. The van der Waals surface area contributed by atoms with Crippen molar-refractivity contribution in [1.82, 2.24) is 9.65 Å². The molecule has 0 bridgehead atoms. The van der Waals surface area contributed by atoms with Gasteiger partial charge in [0.15, 0.2) is 4.32 Å². The van der Waals surface area contributed by atoms with Gasteiger partial charge < -0.3 is 20.0 Å². The van der Waals surface area contributed by atoms with Crippen molar-refractivity contribution < 1.29 is 29.4 Å². The fourth-order valence-electron chi connectivity index (χ4n) is 1.75. The summed E-state index contributed by atoms with van der Waals surface area (Å²) in [4.78, 5) is 34.1. The van der Waals surface area contributed by atoms with Crippen LogP contribution in [0.1, 0.15) is 16.8 Å². The van der Waals surface area contributed by atoms with E-state index in [0.717, 1.165) is 0 Å². The summed E-state index contributed by atoms with van der Waals surface area (Å²) in [6, 6.07) is 0. The number of pyridine rings is 1. The number of rotatable bonds is 3. The van der Waals surface area contributed by atoms with Gasteiger partial charge in [0, 0.05) is 46.9 Å². The number of carbonyl (C=O) groups is 1. The van der Waals surface area contributed by atoms with Crippen LogP contribution in [0.2, 0.25) is 0 Å². The van der Waals surface area contributed by atoms with E-state index < -0.39 is 20.3 Å². The van der Waals surface area contributed by atoms with Crippen LogP contribution in [-0.4, -0.2) is 69.4 Å². The predicted molar refractivity (Wildman–Crippen MR) is 89.4 cm³/mol. The molecule has 12 heteroatoms. The number of nitrogens with zero attached hydrogens (tertiary/aromatic N) is 2. The minimum absolute atomic E-state index is 0. The first kappa shape index (κ1) is 20.8. The summed E-state index contributed by atoms with van der Waals surface area (Å²) in [5.41, 5.74) is 0.708. The number of amides is 1. The number of aliphatic hydroxyl groups is 1. The van der Waals surface area contributed by atoms with Crippen molar-refractivity contribution in [3.8, 4) is 5.75 Å². The SMILES string of the molecule is Cc1ncc(CO)c(C=C2SC(=S)N(P(=O)(O)O)C2=O)c1O.[Na]. The molecule has 1 radical (unpaired) electrons. The van der Waals surface area contributed by atoms with Gasteiger partial charge in [0.05, 0.1) is 17.2 Å². The van der Waals surface area contributed by atoms with E-state index in [9.17, 15) is 19.6 Å². The number of aromatic nitrogens is 1. The maximum atomic E-state index is 12.1. The molecule has 8 nitrogen and oxygen atoms in total. The van der Waals surface area contributed by atoms with Gasteiger partial charge in [-0.2, -0.15) is 4.67 Å². The van der Waals surface area contributed by atoms with Crippen molar-refractivity contribution in [2.75, 3.05) is 0 Å². The van der Waals surface area contributed by atoms with Crippen molar-refractivity contribution >= 4 is 77.6 Å². The molecule has 2 heterocycles. The number of aliphatic hydroxyl groups excluding tert-OH is 1. The van der Waals surface area contributed by atoms with Gasteiger partial charge in [-0.15, -0.1) is 0 Å². The quantitative estimate of drug-likeness (QED) is 0.254. The third kappa shape index (κ3) is 4.22. The Morgan fingerprint density at radius 3 is 2.57 bits per heavy atom. The Bertz CT molecular complexity index is 750. The second kappa shape index (κ2) is 7.73. The van der Waals surface area contributed by atoms with E-state index in [-0.39, 0.29) is 66.0 Å². The van der Waals surface area contributed by atoms with Gasteiger partial charge in [0.2, 0.25) is 0 Å². The molecular weight excluding hydrogens is 374 g/mol. The van der Waals surface area contributed by atoms with E-state index in [4.69, 9.17) is 22.0 Å². The van der Waals surface area contributed by atoms with Crippen molar-refractivity contribution in [2.45, 2.75) is 13.5 Å². The first-order valence-electron chi connectivity index (χ1n) is 5.79. The van der Waals surface area contributed by atoms with Crippen molar-refractivity contribution in [3.05, 3.63) is 27.9 Å². The van der Waals surface area contributed by atoms with Crippen LogP contribution in [0.4, 0.5) is 0 Å². The van der Waals surface area contributed by atoms with Crippen LogP contribution < -0.4 is 0 Å². The molecule has 1 aliphatic heterocycles. The maximum absolute atomic E-state index is 12.1. The van der Waals surface area contributed by atoms with Crippen LogP contribution >= 0.6 is 31.7 Å². The summed E-state index contributed by atoms with van der Waals surface area (Å²) >= 11 is 5.49. The smallest absolute Gasteiger partial charge is 0.438 e. The molecule has 2 rings (SSSR count). The largest absolute Gasteiger partial charge is 0.505 e. The second-order valence-electron chi connectivity index (χ2n) is 4.30. The fraction of sp³-hybridized carbons (Fsp3) is 0.182. The molecule has 23 heavy (non-hydrogen) atoms. The minimum atomic E-state index is -4.85. The van der Waals surface area contributed by atoms with E-state index in [2.05, 4.69) is 4.98 Å². The van der Waals surface area contributed by atoms with E-state index in [1.165, 1.54) is 19.2 Å². The summed E-state index contributed by atoms with van der Waals surface area (Å²) in [5, 5.41) is 19.3. The molecule has 0 unspecified atom stereocenters. The molecular formula is C11H11N2NaO6PS2. The van der Waals surface area contributed by atoms with Crippen molar-refractivity contribution in [2.24, 2.45) is 0 Å². The van der Waals surface area contributed by atoms with Crippen molar-refractivity contribution in [1.29, 1.82) is 0 Å². The fourth-order valence-corrected chi connectivity index (χ4v) is 4.21. The summed E-state index contributed by atoms with van der Waals surface area (Å²) in [6.07, 6.45) is 2.56. The topological polar surface area (TPSA) is 131 Å². The number of hydrogen-bond donors (Lipinski definition) is 4. The molecule has 119 valence electrons. The zero-order valence-electron chi connectivity index (χ0n) is 12.1. The van der Waals surface area contributed by atoms with Gasteiger partial charge in [-0.1, -0.05) is 24.0 Å². The standard InChI is InChI=1S/C11H11N2O6PS2.Na/c1-5-9(15)7(6(4-14)3-12-5)2-8-10(16)13(11(21)22-8)20(17,18)19;/h2-3,14-15H,4H2,1H3,(H2,17,18,19);. The average molecular weight is 385 g/mol. The molecule has 0 aliphatic carbocycles. The van der Waals surface area contributed by atoms with Gasteiger partial charge >= 0.3 is 7.75 Å². The molecule has 1 amide bonds. The monoisotopic (exact) mass is 385 g/mol. The number of thiocarbonyl (C=S) groups is 1. The van der Waals surface area contributed by atoms with Crippen LogP contribution in [0, 0.1) is 6.92 Å². The Morgan fingerprint density at radius 2 is 2.09 bits per heavy atom. The summed E-state index contributed by atoms with van der Waals surface area (Å²) in [5.74, 6) is -1.19. The molecule has 1 aromatic rings. The Balaban J connectivity index is 0.00000264. The Morgan fingerprint density at radius 1 is 1.48 bits per heavy atom. The van der Waals surface area contributed by atoms with Crippen molar-refractivity contribution in [3.63, 3.8) is 0 Å². The third-order valence-corrected chi connectivity index (χ3v) is 5.31. The normalized spacial score (nSPS) is 16.9. The summed E-state index contributed by atoms with van der Waals surface area (Å²) in [7, 11) is -4.85. The molecule has 1 fully saturated rings. The molecule has 1 aromatic heterocycles. The van der Waals surface area contributed by atoms with Gasteiger partial charge in [-0.25, -0.2) is 4.57 Å². The number of aryl methyl sites for hydroxylation is 1. The Kier molecular flexibility index (Phi) is 6.97. The number of thioether (sulfide) groups is 1. The summed E-state index contributed by atoms with van der Waals surface area (Å²) < 4.78 is 11.2. The third-order valence-electron chi connectivity index (χ3n) is 2.84. The summed E-state index contributed by atoms with van der Waals surface area (Å²) in [6.45, 7) is 1.11. The predicted octanol–water partition coefficient (Wildman–Crippen LogP) is 0.501. The first-order valence-corrected chi connectivity index (χ1v) is 8.58. The average Bonchev–Trinajstić information content (AvgIpc) is 2.69. The Hall–Kier alpha value is -0.290. The molecule has 1 aliphatic rings. The zero-order chi connectivity index (χ0) is 16.7. The van der Waals surface area contributed by atoms with E-state index >= 15 is 0 Å². The van der Waals surface area contributed by atoms with E-state index in [1.807, 2.05) is 0 Å². The van der Waals surface area contributed by atoms with Crippen LogP contribution in [0.25, 0.3) is 6.08 Å². The van der Waals surface area contributed by atoms with E-state index in [1.54, 1.807) is 0 Å². The molecule has 0 atom stereocenters. The van der Waals surface area contributed by atoms with Crippen LogP contribution in [0.3, 0.4) is 0 Å².